The van der Waals surface area contributed by atoms with Gasteiger partial charge in [0.2, 0.25) is 28.4 Å². The molecule has 7 nitrogen and oxygen atoms in total. The molecule has 9 heteroatoms. The van der Waals surface area contributed by atoms with E-state index in [0.29, 0.717) is 69.6 Å². The number of ether oxygens (including phenoxy) is 2. The lowest BCUT2D eigenvalue weighted by atomic mass is 10.3. The maximum Gasteiger partial charge on any atom is 0.238 e. The van der Waals surface area contributed by atoms with Gasteiger partial charge in [-0.15, -0.1) is 0 Å². The second kappa shape index (κ2) is 12.3. The first-order chi connectivity index (χ1) is 17.7. The van der Waals surface area contributed by atoms with Crippen LogP contribution in [-0.4, -0.2) is 59.1 Å². The molecule has 0 saturated heterocycles. The van der Waals surface area contributed by atoms with Crippen molar-refractivity contribution in [2.75, 3.05) is 13.2 Å². The van der Waals surface area contributed by atoms with Crippen LogP contribution in [0.2, 0.25) is 33.2 Å². The lowest BCUT2D eigenvalue weighted by Gasteiger charge is -2.43. The second-order valence-electron chi connectivity index (χ2n) is 12.7. The standard InChI is InChI=1S/C29H51N3O4Si2/c1-18(2)37(19(3)4,20(5)6)35-26-16-33-28(31-26)24-14-13-15-25(30-24)29-32-27(17-34-29)36-38(21(7)8,22(9)10)23(11)12/h13-15,18-23,26-27H,16-17H2,1-12H3/t26-,27-/m0/s1. The van der Waals surface area contributed by atoms with Crippen LogP contribution in [-0.2, 0) is 18.3 Å². The minimum Gasteiger partial charge on any atom is -0.471 e. The smallest absolute Gasteiger partial charge is 0.238 e. The van der Waals surface area contributed by atoms with Gasteiger partial charge in [-0.2, -0.15) is 0 Å². The third kappa shape index (κ3) is 5.95. The summed E-state index contributed by atoms with van der Waals surface area (Å²) in [6.07, 6.45) is -0.596. The van der Waals surface area contributed by atoms with Crippen molar-refractivity contribution in [1.82, 2.24) is 4.98 Å². The van der Waals surface area contributed by atoms with Gasteiger partial charge in [-0.1, -0.05) is 89.2 Å². The molecule has 3 rings (SSSR count). The summed E-state index contributed by atoms with van der Waals surface area (Å²) in [7, 11) is -4.13. The average molecular weight is 562 g/mol. The molecule has 38 heavy (non-hydrogen) atoms. The minimum atomic E-state index is -2.06. The highest BCUT2D eigenvalue weighted by molar-refractivity contribution is 6.78. The van der Waals surface area contributed by atoms with Gasteiger partial charge in [0.1, 0.15) is 24.6 Å². The first-order valence-corrected chi connectivity index (χ1v) is 18.8. The second-order valence-corrected chi connectivity index (χ2v) is 23.5. The molecule has 0 bridgehead atoms. The molecule has 0 unspecified atom stereocenters. The molecule has 3 heterocycles. The number of aliphatic imine (C=N–C) groups is 2. The lowest BCUT2D eigenvalue weighted by molar-refractivity contribution is 0.140. The third-order valence-corrected chi connectivity index (χ3v) is 20.7. The molecule has 0 N–H and O–H groups in total. The molecular weight excluding hydrogens is 511 g/mol. The van der Waals surface area contributed by atoms with Crippen LogP contribution in [0.1, 0.15) is 94.5 Å². The maximum atomic E-state index is 6.82. The number of rotatable bonds is 12. The van der Waals surface area contributed by atoms with Gasteiger partial charge < -0.3 is 18.3 Å². The van der Waals surface area contributed by atoms with Gasteiger partial charge in [-0.3, -0.25) is 0 Å². The van der Waals surface area contributed by atoms with Crippen LogP contribution in [0.5, 0.6) is 0 Å². The zero-order valence-corrected chi connectivity index (χ0v) is 27.7. The summed E-state index contributed by atoms with van der Waals surface area (Å²) >= 11 is 0. The van der Waals surface area contributed by atoms with Gasteiger partial charge in [0.15, 0.2) is 12.5 Å². The fourth-order valence-corrected chi connectivity index (χ4v) is 17.9. The van der Waals surface area contributed by atoms with Crippen molar-refractivity contribution in [1.29, 1.82) is 0 Å². The Morgan fingerprint density at radius 1 is 0.605 bits per heavy atom. The van der Waals surface area contributed by atoms with E-state index in [1.165, 1.54) is 0 Å². The van der Waals surface area contributed by atoms with Crippen molar-refractivity contribution in [2.45, 2.75) is 129 Å². The van der Waals surface area contributed by atoms with Crippen LogP contribution in [0, 0.1) is 0 Å². The van der Waals surface area contributed by atoms with Crippen molar-refractivity contribution >= 4 is 28.4 Å². The highest BCUT2D eigenvalue weighted by atomic mass is 28.4. The normalized spacial score (nSPS) is 20.7. The van der Waals surface area contributed by atoms with E-state index in [9.17, 15) is 0 Å². The van der Waals surface area contributed by atoms with Gasteiger partial charge in [-0.05, 0) is 45.4 Å². The highest BCUT2D eigenvalue weighted by Crippen LogP contribution is 2.44. The van der Waals surface area contributed by atoms with Gasteiger partial charge in [-0.25, -0.2) is 15.0 Å². The Morgan fingerprint density at radius 2 is 0.921 bits per heavy atom. The Hall–Kier alpha value is -1.56. The fraction of sp³-hybridized carbons (Fsp3) is 0.759. The Balaban J connectivity index is 1.80. The van der Waals surface area contributed by atoms with Crippen molar-refractivity contribution < 1.29 is 18.3 Å². The summed E-state index contributed by atoms with van der Waals surface area (Å²) in [5, 5.41) is 0. The zero-order chi connectivity index (χ0) is 28.4. The summed E-state index contributed by atoms with van der Waals surface area (Å²) in [4.78, 5) is 14.5. The Morgan fingerprint density at radius 3 is 1.21 bits per heavy atom. The fourth-order valence-electron chi connectivity index (χ4n) is 7.07. The van der Waals surface area contributed by atoms with Crippen LogP contribution in [0.25, 0.3) is 0 Å². The van der Waals surface area contributed by atoms with Crippen LogP contribution in [0.3, 0.4) is 0 Å². The number of hydrogen-bond donors (Lipinski definition) is 0. The first-order valence-electron chi connectivity index (χ1n) is 14.5. The predicted octanol–water partition coefficient (Wildman–Crippen LogP) is 7.67. The predicted molar refractivity (Wildman–Crippen MR) is 161 cm³/mol. The molecule has 214 valence electrons. The quantitative estimate of drug-likeness (QED) is 0.245. The summed E-state index contributed by atoms with van der Waals surface area (Å²) in [6, 6.07) is 5.78. The van der Waals surface area contributed by atoms with Crippen LogP contribution in [0.4, 0.5) is 0 Å². The van der Waals surface area contributed by atoms with Crippen molar-refractivity contribution in [3.8, 4) is 0 Å². The zero-order valence-electron chi connectivity index (χ0n) is 25.7. The molecule has 2 aliphatic rings. The van der Waals surface area contributed by atoms with Crippen molar-refractivity contribution in [3.05, 3.63) is 29.6 Å². The van der Waals surface area contributed by atoms with Gasteiger partial charge in [0.05, 0.1) is 0 Å². The molecular formula is C29H51N3O4Si2. The number of hydrogen-bond acceptors (Lipinski definition) is 7. The Bertz CT molecular complexity index is 888. The molecule has 1 aromatic heterocycles. The van der Waals surface area contributed by atoms with E-state index in [1.807, 2.05) is 18.2 Å². The summed E-state index contributed by atoms with van der Waals surface area (Å²) < 4.78 is 25.7. The largest absolute Gasteiger partial charge is 0.471 e. The molecule has 0 fully saturated rings. The monoisotopic (exact) mass is 561 g/mol. The van der Waals surface area contributed by atoms with E-state index in [1.54, 1.807) is 0 Å². The first kappa shape index (κ1) is 31.0. The molecule has 2 atom stereocenters. The molecule has 0 radical (unpaired) electrons. The van der Waals surface area contributed by atoms with Gasteiger partial charge in [0.25, 0.3) is 0 Å². The van der Waals surface area contributed by atoms with E-state index < -0.39 is 16.6 Å². The molecule has 0 aliphatic carbocycles. The van der Waals surface area contributed by atoms with Crippen molar-refractivity contribution in [3.63, 3.8) is 0 Å². The summed E-state index contributed by atoms with van der Waals surface area (Å²) in [5.41, 5.74) is 4.26. The molecule has 0 amide bonds. The Kier molecular flexibility index (Phi) is 10.0. The van der Waals surface area contributed by atoms with Gasteiger partial charge >= 0.3 is 0 Å². The van der Waals surface area contributed by atoms with Crippen LogP contribution < -0.4 is 0 Å². The van der Waals surface area contributed by atoms with E-state index in [2.05, 4.69) is 83.1 Å². The van der Waals surface area contributed by atoms with Crippen molar-refractivity contribution in [2.24, 2.45) is 9.98 Å². The minimum absolute atomic E-state index is 0.298. The third-order valence-electron chi connectivity index (χ3n) is 8.53. The number of pyridine rings is 1. The molecule has 0 spiro atoms. The van der Waals surface area contributed by atoms with E-state index in [0.717, 1.165) is 0 Å². The highest BCUT2D eigenvalue weighted by Gasteiger charge is 2.48. The van der Waals surface area contributed by atoms with E-state index >= 15 is 0 Å². The van der Waals surface area contributed by atoms with Crippen LogP contribution in [0.15, 0.2) is 28.2 Å². The molecule has 0 aromatic carbocycles. The average Bonchev–Trinajstić information content (AvgIpc) is 3.49. The summed E-state index contributed by atoms with van der Waals surface area (Å²) in [5.74, 6) is 1.04. The lowest BCUT2D eigenvalue weighted by Crippen LogP contribution is -2.50. The van der Waals surface area contributed by atoms with E-state index in [-0.39, 0.29) is 12.5 Å². The van der Waals surface area contributed by atoms with E-state index in [4.69, 9.17) is 33.3 Å². The number of aromatic nitrogens is 1. The van der Waals surface area contributed by atoms with Gasteiger partial charge in [0, 0.05) is 0 Å². The molecule has 1 aromatic rings. The summed E-state index contributed by atoms with van der Waals surface area (Å²) in [6.45, 7) is 28.3. The SMILES string of the molecule is CC(C)[Si](O[C@H]1COC(c2cccc(C3=N[C@@H](O[Si](C(C)C)(C(C)C)C(C)C)CO3)n2)=N1)(C(C)C)C(C)C. The molecule has 2 aliphatic heterocycles. The topological polar surface area (TPSA) is 74.5 Å². The molecule has 0 saturated carbocycles. The Labute approximate surface area is 233 Å². The number of nitrogens with zero attached hydrogens (tertiary/aromatic N) is 3. The van der Waals surface area contributed by atoms with Crippen LogP contribution >= 0.6 is 0 Å². The maximum absolute atomic E-state index is 6.82.